The van der Waals surface area contributed by atoms with Crippen molar-refractivity contribution in [3.63, 3.8) is 0 Å². The zero-order valence-electron chi connectivity index (χ0n) is 13.8. The number of carbonyl (C=O) groups excluding carboxylic acids is 1. The molecule has 0 heterocycles. The molecule has 0 saturated carbocycles. The van der Waals surface area contributed by atoms with Crippen molar-refractivity contribution in [3.05, 3.63) is 0 Å². The lowest BCUT2D eigenvalue weighted by Gasteiger charge is -2.34. The summed E-state index contributed by atoms with van der Waals surface area (Å²) in [7, 11) is 3.99. The topological polar surface area (TPSA) is 44.4 Å². The summed E-state index contributed by atoms with van der Waals surface area (Å²) in [6.45, 7) is 12.3. The molecule has 0 saturated heterocycles. The fourth-order valence-electron chi connectivity index (χ4n) is 2.15. The van der Waals surface area contributed by atoms with E-state index in [1.807, 2.05) is 21.0 Å². The Labute approximate surface area is 119 Å². The molecule has 0 fully saturated rings. The molecule has 0 aliphatic heterocycles. The molecule has 0 aliphatic rings. The van der Waals surface area contributed by atoms with Gasteiger partial charge in [0, 0.05) is 37.1 Å². The Balaban J connectivity index is 4.56. The fraction of sp³-hybridized carbons (Fsp3) is 0.933. The number of likely N-dealkylation sites (N-methyl/N-ethyl adjacent to an activating group) is 2. The Bertz CT molecular complexity index is 246. The van der Waals surface area contributed by atoms with Crippen LogP contribution in [0.3, 0.4) is 0 Å². The van der Waals surface area contributed by atoms with E-state index in [9.17, 15) is 4.79 Å². The molecule has 2 N–H and O–H groups in total. The van der Waals surface area contributed by atoms with Crippen molar-refractivity contribution in [3.8, 4) is 0 Å². The van der Waals surface area contributed by atoms with Crippen molar-refractivity contribution in [2.45, 2.75) is 59.2 Å². The maximum Gasteiger partial charge on any atom is 0.132 e. The summed E-state index contributed by atoms with van der Waals surface area (Å²) in [6.07, 6.45) is 0.933. The Morgan fingerprint density at radius 2 is 1.42 bits per heavy atom. The summed E-state index contributed by atoms with van der Waals surface area (Å²) in [4.78, 5) is 13.9. The second kappa shape index (κ2) is 9.45. The summed E-state index contributed by atoms with van der Waals surface area (Å²) < 4.78 is 0. The molecule has 0 spiro atoms. The summed E-state index contributed by atoms with van der Waals surface area (Å²) in [6, 6.07) is 1.34. The predicted molar refractivity (Wildman–Crippen MR) is 82.5 cm³/mol. The quantitative estimate of drug-likeness (QED) is 0.632. The second-order valence-electron chi connectivity index (χ2n) is 5.93. The molecule has 0 aromatic heterocycles. The minimum Gasteiger partial charge on any atom is -0.316 e. The molecule has 4 nitrogen and oxygen atoms in total. The SMILES string of the molecule is CNC(C)CN(C[C@@H](C)NC)C(C)CC(C)C(C)=O. The van der Waals surface area contributed by atoms with Crippen LogP contribution in [0.2, 0.25) is 0 Å². The van der Waals surface area contributed by atoms with Gasteiger partial charge in [0.15, 0.2) is 0 Å². The van der Waals surface area contributed by atoms with Gasteiger partial charge in [-0.3, -0.25) is 9.69 Å². The van der Waals surface area contributed by atoms with Gasteiger partial charge in [-0.2, -0.15) is 0 Å². The molecule has 0 aromatic carbocycles. The normalized spacial score (nSPS) is 18.1. The van der Waals surface area contributed by atoms with Gasteiger partial charge in [-0.25, -0.2) is 0 Å². The summed E-state index contributed by atoms with van der Waals surface area (Å²) in [5.74, 6) is 0.433. The molecule has 0 amide bonds. The van der Waals surface area contributed by atoms with Crippen LogP contribution in [-0.4, -0.2) is 56.0 Å². The average molecular weight is 271 g/mol. The molecule has 0 bridgehead atoms. The number of rotatable bonds is 10. The van der Waals surface area contributed by atoms with E-state index in [0.717, 1.165) is 19.5 Å². The highest BCUT2D eigenvalue weighted by molar-refractivity contribution is 5.77. The van der Waals surface area contributed by atoms with E-state index in [4.69, 9.17) is 0 Å². The smallest absolute Gasteiger partial charge is 0.132 e. The van der Waals surface area contributed by atoms with Gasteiger partial charge >= 0.3 is 0 Å². The van der Waals surface area contributed by atoms with Crippen LogP contribution in [0, 0.1) is 5.92 Å². The lowest BCUT2D eigenvalue weighted by molar-refractivity contribution is -0.120. The monoisotopic (exact) mass is 271 g/mol. The number of carbonyl (C=O) groups is 1. The molecule has 4 heteroatoms. The maximum atomic E-state index is 11.4. The first kappa shape index (κ1) is 18.6. The molecular weight excluding hydrogens is 238 g/mol. The number of nitrogens with one attached hydrogen (secondary N) is 2. The van der Waals surface area contributed by atoms with Gasteiger partial charge in [-0.05, 0) is 48.2 Å². The van der Waals surface area contributed by atoms with Gasteiger partial charge in [0.2, 0.25) is 0 Å². The molecule has 3 unspecified atom stereocenters. The fourth-order valence-corrected chi connectivity index (χ4v) is 2.15. The third-order valence-corrected chi connectivity index (χ3v) is 4.01. The van der Waals surface area contributed by atoms with E-state index in [2.05, 4.69) is 36.3 Å². The molecule has 4 atom stereocenters. The summed E-state index contributed by atoms with van der Waals surface area (Å²) in [5.41, 5.74) is 0. The van der Waals surface area contributed by atoms with Crippen LogP contribution in [-0.2, 0) is 4.79 Å². The number of nitrogens with zero attached hydrogens (tertiary/aromatic N) is 1. The van der Waals surface area contributed by atoms with Gasteiger partial charge in [0.05, 0.1) is 0 Å². The van der Waals surface area contributed by atoms with Crippen molar-refractivity contribution in [1.29, 1.82) is 0 Å². The van der Waals surface area contributed by atoms with Gasteiger partial charge in [0.1, 0.15) is 5.78 Å². The van der Waals surface area contributed by atoms with Crippen molar-refractivity contribution in [1.82, 2.24) is 15.5 Å². The van der Waals surface area contributed by atoms with Crippen LogP contribution < -0.4 is 10.6 Å². The minimum atomic E-state index is 0.146. The van der Waals surface area contributed by atoms with Crippen molar-refractivity contribution in [2.24, 2.45) is 5.92 Å². The third-order valence-electron chi connectivity index (χ3n) is 4.01. The average Bonchev–Trinajstić information content (AvgIpc) is 2.36. The molecule has 0 aliphatic carbocycles. The van der Waals surface area contributed by atoms with Gasteiger partial charge in [0.25, 0.3) is 0 Å². The Kier molecular flexibility index (Phi) is 9.23. The van der Waals surface area contributed by atoms with Gasteiger partial charge in [-0.1, -0.05) is 6.92 Å². The highest BCUT2D eigenvalue weighted by Gasteiger charge is 2.21. The van der Waals surface area contributed by atoms with Crippen molar-refractivity contribution >= 4 is 5.78 Å². The molecular formula is C15H33N3O. The van der Waals surface area contributed by atoms with E-state index < -0.39 is 0 Å². The maximum absolute atomic E-state index is 11.4. The number of Topliss-reactive ketones (excluding diaryl/α,β-unsaturated/α-hetero) is 1. The van der Waals surface area contributed by atoms with E-state index in [1.165, 1.54) is 0 Å². The minimum absolute atomic E-state index is 0.146. The van der Waals surface area contributed by atoms with Gasteiger partial charge < -0.3 is 10.6 Å². The Morgan fingerprint density at radius 3 is 1.74 bits per heavy atom. The number of hydrogen-bond acceptors (Lipinski definition) is 4. The predicted octanol–water partition coefficient (Wildman–Crippen LogP) is 1.51. The molecule has 114 valence electrons. The molecule has 19 heavy (non-hydrogen) atoms. The van der Waals surface area contributed by atoms with Crippen LogP contribution in [0.1, 0.15) is 41.0 Å². The Morgan fingerprint density at radius 1 is 1.00 bits per heavy atom. The van der Waals surface area contributed by atoms with Crippen LogP contribution in [0.15, 0.2) is 0 Å². The van der Waals surface area contributed by atoms with Crippen LogP contribution in [0.25, 0.3) is 0 Å². The van der Waals surface area contributed by atoms with Crippen LogP contribution in [0.5, 0.6) is 0 Å². The zero-order chi connectivity index (χ0) is 15.0. The zero-order valence-corrected chi connectivity index (χ0v) is 13.8. The Hall–Kier alpha value is -0.450. The number of ketones is 1. The summed E-state index contributed by atoms with van der Waals surface area (Å²) >= 11 is 0. The van der Waals surface area contributed by atoms with Crippen molar-refractivity contribution in [2.75, 3.05) is 27.2 Å². The first-order chi connectivity index (χ1) is 8.81. The second-order valence-corrected chi connectivity index (χ2v) is 5.93. The first-order valence-corrected chi connectivity index (χ1v) is 7.40. The first-order valence-electron chi connectivity index (χ1n) is 7.40. The van der Waals surface area contributed by atoms with E-state index in [-0.39, 0.29) is 11.7 Å². The highest BCUT2D eigenvalue weighted by Crippen LogP contribution is 2.13. The lowest BCUT2D eigenvalue weighted by Crippen LogP contribution is -2.48. The summed E-state index contributed by atoms with van der Waals surface area (Å²) in [5, 5.41) is 6.58. The van der Waals surface area contributed by atoms with Crippen molar-refractivity contribution < 1.29 is 4.79 Å². The molecule has 0 radical (unpaired) electrons. The standard InChI is InChI=1S/C15H33N3O/c1-11(15(5)19)8-14(4)18(9-12(2)16-6)10-13(3)17-7/h11-14,16-17H,8-10H2,1-7H3/t11?,12-,13?,14?/m1/s1. The molecule has 0 aromatic rings. The number of hydrogen-bond donors (Lipinski definition) is 2. The van der Waals surface area contributed by atoms with Crippen LogP contribution in [0.4, 0.5) is 0 Å². The molecule has 0 rings (SSSR count). The third kappa shape index (κ3) is 7.65. The highest BCUT2D eigenvalue weighted by atomic mass is 16.1. The van der Waals surface area contributed by atoms with E-state index in [0.29, 0.717) is 18.1 Å². The largest absolute Gasteiger partial charge is 0.316 e. The van der Waals surface area contributed by atoms with Crippen LogP contribution >= 0.6 is 0 Å². The van der Waals surface area contributed by atoms with E-state index in [1.54, 1.807) is 6.92 Å². The lowest BCUT2D eigenvalue weighted by atomic mass is 9.97. The van der Waals surface area contributed by atoms with E-state index >= 15 is 0 Å². The van der Waals surface area contributed by atoms with Gasteiger partial charge in [-0.15, -0.1) is 0 Å².